The Bertz CT molecular complexity index is 585. The van der Waals surface area contributed by atoms with E-state index in [9.17, 15) is 13.2 Å². The van der Waals surface area contributed by atoms with Crippen molar-refractivity contribution in [1.29, 1.82) is 0 Å². The van der Waals surface area contributed by atoms with Gasteiger partial charge >= 0.3 is 0 Å². The molecule has 1 amide bonds. The largest absolute Gasteiger partial charge is 0.352 e. The van der Waals surface area contributed by atoms with Crippen molar-refractivity contribution in [3.8, 4) is 0 Å². The van der Waals surface area contributed by atoms with Crippen molar-refractivity contribution < 1.29 is 13.2 Å². The molecule has 1 aromatic rings. The van der Waals surface area contributed by atoms with Crippen molar-refractivity contribution in [3.63, 3.8) is 0 Å². The third-order valence-corrected chi connectivity index (χ3v) is 3.32. The Morgan fingerprint density at radius 1 is 1.40 bits per heavy atom. The van der Waals surface area contributed by atoms with Crippen LogP contribution in [0.5, 0.6) is 0 Å². The minimum absolute atomic E-state index is 0.162. The number of nitrogens with one attached hydrogen (secondary N) is 2. The van der Waals surface area contributed by atoms with Crippen LogP contribution in [0.3, 0.4) is 0 Å². The lowest BCUT2D eigenvalue weighted by molar-refractivity contribution is 0.0949. The number of sulfonamides is 1. The van der Waals surface area contributed by atoms with Crippen molar-refractivity contribution in [2.75, 3.05) is 24.1 Å². The van der Waals surface area contributed by atoms with Crippen LogP contribution in [0, 0.1) is 12.8 Å². The summed E-state index contributed by atoms with van der Waals surface area (Å²) < 4.78 is 25.0. The molecule has 0 spiro atoms. The summed E-state index contributed by atoms with van der Waals surface area (Å²) in [6.45, 7) is 4.68. The number of aryl methyl sites for hydroxylation is 1. The Morgan fingerprint density at radius 3 is 2.60 bits per heavy atom. The number of nitrogens with two attached hydrogens (primary N) is 1. The number of rotatable bonds is 6. The molecule has 0 heterocycles. The quantitative estimate of drug-likeness (QED) is 0.719. The Kier molecular flexibility index (Phi) is 5.52. The number of carbonyl (C=O) groups excluding carboxylic acids is 1. The zero-order valence-electron chi connectivity index (χ0n) is 11.9. The second-order valence-corrected chi connectivity index (χ2v) is 6.72. The molecule has 0 fully saturated rings. The van der Waals surface area contributed by atoms with Gasteiger partial charge in [-0.15, -0.1) is 0 Å². The highest BCUT2D eigenvalue weighted by atomic mass is 32.2. The molecule has 112 valence electrons. The molecule has 7 heteroatoms. The Hall–Kier alpha value is -1.60. The van der Waals surface area contributed by atoms with Gasteiger partial charge in [0, 0.05) is 6.54 Å². The zero-order valence-corrected chi connectivity index (χ0v) is 12.8. The average molecular weight is 299 g/mol. The van der Waals surface area contributed by atoms with Crippen molar-refractivity contribution in [2.45, 2.75) is 13.8 Å². The third kappa shape index (κ3) is 5.18. The zero-order chi connectivity index (χ0) is 15.3. The summed E-state index contributed by atoms with van der Waals surface area (Å²) in [6.07, 6.45) is 1.05. The first-order chi connectivity index (χ1) is 9.23. The highest BCUT2D eigenvalue weighted by Crippen LogP contribution is 2.18. The Morgan fingerprint density at radius 2 is 2.05 bits per heavy atom. The molecule has 1 rings (SSSR count). The minimum Gasteiger partial charge on any atom is -0.352 e. The summed E-state index contributed by atoms with van der Waals surface area (Å²) in [5.74, 6) is -0.157. The van der Waals surface area contributed by atoms with Gasteiger partial charge in [0.15, 0.2) is 0 Å². The van der Waals surface area contributed by atoms with Crippen LogP contribution < -0.4 is 15.8 Å². The lowest BCUT2D eigenvalue weighted by Crippen LogP contribution is -2.32. The van der Waals surface area contributed by atoms with Crippen LogP contribution in [-0.4, -0.2) is 33.7 Å². The molecule has 0 bridgehead atoms. The number of amides is 1. The molecule has 0 aliphatic carbocycles. The van der Waals surface area contributed by atoms with Crippen LogP contribution in [0.15, 0.2) is 18.2 Å². The fourth-order valence-corrected chi connectivity index (χ4v) is 2.16. The van der Waals surface area contributed by atoms with Crippen LogP contribution in [0.25, 0.3) is 0 Å². The lowest BCUT2D eigenvalue weighted by atomic mass is 10.1. The fourth-order valence-electron chi connectivity index (χ4n) is 1.58. The molecule has 0 aliphatic rings. The topological polar surface area (TPSA) is 101 Å². The number of anilines is 1. The molecule has 0 saturated carbocycles. The molecular weight excluding hydrogens is 278 g/mol. The van der Waals surface area contributed by atoms with Crippen LogP contribution in [0.1, 0.15) is 22.8 Å². The summed E-state index contributed by atoms with van der Waals surface area (Å²) in [7, 11) is -3.43. The summed E-state index contributed by atoms with van der Waals surface area (Å²) >= 11 is 0. The van der Waals surface area contributed by atoms with Gasteiger partial charge in [0.2, 0.25) is 10.0 Å². The molecule has 0 saturated heterocycles. The molecule has 1 unspecified atom stereocenters. The van der Waals surface area contributed by atoms with E-state index in [1.165, 1.54) is 0 Å². The maximum atomic E-state index is 12.1. The van der Waals surface area contributed by atoms with E-state index in [1.807, 2.05) is 13.8 Å². The number of carbonyl (C=O) groups is 1. The van der Waals surface area contributed by atoms with Gasteiger partial charge in [-0.2, -0.15) is 0 Å². The molecule has 1 aromatic carbocycles. The first-order valence-corrected chi connectivity index (χ1v) is 8.18. The maximum Gasteiger partial charge on any atom is 0.253 e. The van der Waals surface area contributed by atoms with Gasteiger partial charge in [-0.3, -0.25) is 9.52 Å². The smallest absolute Gasteiger partial charge is 0.253 e. The molecule has 0 aromatic heterocycles. The fraction of sp³-hybridized carbons (Fsp3) is 0.462. The van der Waals surface area contributed by atoms with E-state index in [4.69, 9.17) is 5.73 Å². The third-order valence-electron chi connectivity index (χ3n) is 2.73. The van der Waals surface area contributed by atoms with Crippen LogP contribution in [-0.2, 0) is 10.0 Å². The van der Waals surface area contributed by atoms with Gasteiger partial charge in [-0.05, 0) is 31.5 Å². The van der Waals surface area contributed by atoms with Gasteiger partial charge in [-0.1, -0.05) is 18.6 Å². The summed E-state index contributed by atoms with van der Waals surface area (Å²) in [5, 5.41) is 2.75. The molecule has 20 heavy (non-hydrogen) atoms. The van der Waals surface area contributed by atoms with Crippen LogP contribution in [0.4, 0.5) is 5.69 Å². The molecule has 1 atom stereocenters. The second kappa shape index (κ2) is 6.71. The van der Waals surface area contributed by atoms with Crippen molar-refractivity contribution in [2.24, 2.45) is 11.7 Å². The van der Waals surface area contributed by atoms with Gasteiger partial charge in [0.1, 0.15) is 0 Å². The average Bonchev–Trinajstić information content (AvgIpc) is 2.36. The van der Waals surface area contributed by atoms with Gasteiger partial charge in [0.25, 0.3) is 5.91 Å². The number of benzene rings is 1. The monoisotopic (exact) mass is 299 g/mol. The van der Waals surface area contributed by atoms with Crippen LogP contribution >= 0.6 is 0 Å². The summed E-state index contributed by atoms with van der Waals surface area (Å²) in [4.78, 5) is 12.1. The Labute approximate surface area is 119 Å². The first-order valence-electron chi connectivity index (χ1n) is 6.29. The second-order valence-electron chi connectivity index (χ2n) is 4.97. The van der Waals surface area contributed by atoms with E-state index in [0.717, 1.165) is 11.8 Å². The highest BCUT2D eigenvalue weighted by molar-refractivity contribution is 7.92. The standard InChI is InChI=1S/C13H21N3O3S/c1-9-4-5-12(16-20(3,18)19)11(6-9)13(17)15-8-10(2)7-14/h4-6,10,16H,7-8,14H2,1-3H3,(H,15,17). The predicted molar refractivity (Wildman–Crippen MR) is 80.2 cm³/mol. The van der Waals surface area contributed by atoms with Crippen molar-refractivity contribution in [3.05, 3.63) is 29.3 Å². The van der Waals surface area contributed by atoms with Gasteiger partial charge < -0.3 is 11.1 Å². The number of hydrogen-bond donors (Lipinski definition) is 3. The van der Waals surface area contributed by atoms with Crippen molar-refractivity contribution >= 4 is 21.6 Å². The van der Waals surface area contributed by atoms with E-state index in [2.05, 4.69) is 10.0 Å². The maximum absolute atomic E-state index is 12.1. The molecule has 6 nitrogen and oxygen atoms in total. The lowest BCUT2D eigenvalue weighted by Gasteiger charge is -2.14. The van der Waals surface area contributed by atoms with Gasteiger partial charge in [0.05, 0.1) is 17.5 Å². The highest BCUT2D eigenvalue weighted by Gasteiger charge is 2.14. The van der Waals surface area contributed by atoms with Gasteiger partial charge in [-0.25, -0.2) is 8.42 Å². The Balaban J connectivity index is 2.97. The van der Waals surface area contributed by atoms with Crippen molar-refractivity contribution in [1.82, 2.24) is 5.32 Å². The molecule has 4 N–H and O–H groups in total. The first kappa shape index (κ1) is 16.5. The summed E-state index contributed by atoms with van der Waals surface area (Å²) in [5.41, 5.74) is 6.95. The normalized spacial score (nSPS) is 12.8. The van der Waals surface area contributed by atoms with E-state index in [0.29, 0.717) is 18.7 Å². The number of hydrogen-bond acceptors (Lipinski definition) is 4. The predicted octanol–water partition coefficient (Wildman–Crippen LogP) is 0.691. The molecule has 0 radical (unpaired) electrons. The molecular formula is C13H21N3O3S. The molecule has 0 aliphatic heterocycles. The van der Waals surface area contributed by atoms with E-state index in [1.54, 1.807) is 18.2 Å². The SMILES string of the molecule is Cc1ccc(NS(C)(=O)=O)c(C(=O)NCC(C)CN)c1. The van der Waals surface area contributed by atoms with E-state index in [-0.39, 0.29) is 17.5 Å². The van der Waals surface area contributed by atoms with E-state index < -0.39 is 10.0 Å². The van der Waals surface area contributed by atoms with Crippen LogP contribution in [0.2, 0.25) is 0 Å². The summed E-state index contributed by atoms with van der Waals surface area (Å²) in [6, 6.07) is 4.97. The minimum atomic E-state index is -3.43. The van der Waals surface area contributed by atoms with E-state index >= 15 is 0 Å².